The molecule has 1 aromatic carbocycles. The number of carboxylic acid groups (broad SMARTS) is 1. The Morgan fingerprint density at radius 2 is 1.97 bits per heavy atom. The zero-order valence-corrected chi connectivity index (χ0v) is 17.8. The summed E-state index contributed by atoms with van der Waals surface area (Å²) in [7, 11) is 1.58. The number of hydrogen-bond acceptors (Lipinski definition) is 5. The van der Waals surface area contributed by atoms with Crippen molar-refractivity contribution in [2.24, 2.45) is 5.92 Å². The zero-order valence-electron chi connectivity index (χ0n) is 17.8. The second-order valence-corrected chi connectivity index (χ2v) is 7.88. The number of ether oxygens (including phenoxy) is 1. The number of carbonyl (C=O) groups is 2. The molecule has 4 N–H and O–H groups in total. The number of carbonyl (C=O) groups excluding carboxylic acids is 1. The average Bonchev–Trinajstić information content (AvgIpc) is 3.16. The number of rotatable bonds is 8. The maximum Gasteiger partial charge on any atom is 0.404 e. The minimum absolute atomic E-state index is 0.0131. The van der Waals surface area contributed by atoms with Crippen molar-refractivity contribution in [3.63, 3.8) is 0 Å². The second kappa shape index (κ2) is 9.65. The smallest absolute Gasteiger partial charge is 0.404 e. The van der Waals surface area contributed by atoms with Crippen LogP contribution in [0.4, 0.5) is 16.2 Å². The van der Waals surface area contributed by atoms with E-state index in [1.54, 1.807) is 19.5 Å². The summed E-state index contributed by atoms with van der Waals surface area (Å²) in [6, 6.07) is 13.1. The van der Waals surface area contributed by atoms with Crippen molar-refractivity contribution in [2.75, 3.05) is 19.0 Å². The Kier molecular flexibility index (Phi) is 6.51. The summed E-state index contributed by atoms with van der Waals surface area (Å²) in [5.74, 6) is -0.171. The number of Topliss-reactive ketones (excluding diaryl/α,β-unsaturated/α-hetero) is 1. The molecule has 8 heteroatoms. The minimum atomic E-state index is -1.10. The number of anilines is 2. The zero-order chi connectivity index (χ0) is 22.5. The molecule has 1 aliphatic carbocycles. The Hall–Kier alpha value is -3.65. The molecule has 1 aliphatic rings. The van der Waals surface area contributed by atoms with Crippen LogP contribution >= 0.6 is 0 Å². The fourth-order valence-electron chi connectivity index (χ4n) is 4.33. The summed E-state index contributed by atoms with van der Waals surface area (Å²) in [4.78, 5) is 32.2. The number of hydrogen-bond donors (Lipinski definition) is 4. The molecular weight excluding hydrogens is 408 g/mol. The number of ketones is 1. The first kappa shape index (κ1) is 21.6. The van der Waals surface area contributed by atoms with Gasteiger partial charge in [-0.15, -0.1) is 0 Å². The standard InChI is InChI=1S/C24H26N4O4/c1-32-12-9-18(28-24(30)31)16-13-19-21(20(29)14-16)23(26-17-5-3-2-4-6-17)22(27-19)15-7-10-25-11-8-15/h2-8,10-11,16,18,26-28H,9,12-14H2,1H3,(H,30,31). The van der Waals surface area contributed by atoms with Crippen LogP contribution < -0.4 is 10.6 Å². The Morgan fingerprint density at radius 1 is 1.22 bits per heavy atom. The van der Waals surface area contributed by atoms with Gasteiger partial charge >= 0.3 is 6.09 Å². The van der Waals surface area contributed by atoms with Gasteiger partial charge < -0.3 is 25.5 Å². The molecule has 2 heterocycles. The van der Waals surface area contributed by atoms with E-state index in [2.05, 4.69) is 20.6 Å². The van der Waals surface area contributed by atoms with Crippen LogP contribution in [-0.4, -0.2) is 46.7 Å². The van der Waals surface area contributed by atoms with Crippen molar-refractivity contribution in [1.29, 1.82) is 0 Å². The number of fused-ring (bicyclic) bond motifs is 1. The first-order valence-corrected chi connectivity index (χ1v) is 10.6. The van der Waals surface area contributed by atoms with Gasteiger partial charge in [0.05, 0.1) is 16.9 Å². The lowest BCUT2D eigenvalue weighted by atomic mass is 9.80. The summed E-state index contributed by atoms with van der Waals surface area (Å²) in [6.45, 7) is 0.413. The number of pyridine rings is 1. The van der Waals surface area contributed by atoms with Gasteiger partial charge in [-0.25, -0.2) is 4.79 Å². The van der Waals surface area contributed by atoms with Crippen molar-refractivity contribution in [3.05, 3.63) is 66.1 Å². The van der Waals surface area contributed by atoms with E-state index in [0.717, 1.165) is 28.3 Å². The highest BCUT2D eigenvalue weighted by molar-refractivity contribution is 6.07. The van der Waals surface area contributed by atoms with Crippen molar-refractivity contribution in [1.82, 2.24) is 15.3 Å². The summed E-state index contributed by atoms with van der Waals surface area (Å²) in [6.07, 6.45) is 3.65. The summed E-state index contributed by atoms with van der Waals surface area (Å²) < 4.78 is 5.15. The Balaban J connectivity index is 1.72. The molecule has 0 spiro atoms. The van der Waals surface area contributed by atoms with E-state index in [1.807, 2.05) is 42.5 Å². The van der Waals surface area contributed by atoms with Gasteiger partial charge in [0.2, 0.25) is 0 Å². The third-order valence-corrected chi connectivity index (χ3v) is 5.79. The van der Waals surface area contributed by atoms with Crippen LogP contribution in [0, 0.1) is 5.92 Å². The quantitative estimate of drug-likeness (QED) is 0.421. The number of amides is 1. The molecule has 1 amide bonds. The van der Waals surface area contributed by atoms with Crippen LogP contribution in [0.5, 0.6) is 0 Å². The highest BCUT2D eigenvalue weighted by atomic mass is 16.5. The predicted molar refractivity (Wildman–Crippen MR) is 121 cm³/mol. The van der Waals surface area contributed by atoms with E-state index in [4.69, 9.17) is 4.74 Å². The molecule has 0 saturated carbocycles. The van der Waals surface area contributed by atoms with Gasteiger partial charge in [-0.05, 0) is 43.0 Å². The second-order valence-electron chi connectivity index (χ2n) is 7.88. The lowest BCUT2D eigenvalue weighted by molar-refractivity contribution is 0.0918. The third-order valence-electron chi connectivity index (χ3n) is 5.79. The van der Waals surface area contributed by atoms with Gasteiger partial charge in [-0.2, -0.15) is 0 Å². The first-order valence-electron chi connectivity index (χ1n) is 10.6. The minimum Gasteiger partial charge on any atom is -0.465 e. The van der Waals surface area contributed by atoms with Crippen LogP contribution in [0.15, 0.2) is 54.9 Å². The van der Waals surface area contributed by atoms with Gasteiger partial charge in [0.1, 0.15) is 0 Å². The van der Waals surface area contributed by atoms with Gasteiger partial charge in [0, 0.05) is 55.5 Å². The van der Waals surface area contributed by atoms with Gasteiger partial charge in [0.25, 0.3) is 0 Å². The van der Waals surface area contributed by atoms with E-state index >= 15 is 0 Å². The number of methoxy groups -OCH3 is 1. The van der Waals surface area contributed by atoms with Crippen molar-refractivity contribution in [2.45, 2.75) is 25.3 Å². The number of nitrogens with one attached hydrogen (secondary N) is 3. The molecule has 2 aromatic heterocycles. The molecule has 166 valence electrons. The highest BCUT2D eigenvalue weighted by Gasteiger charge is 2.35. The predicted octanol–water partition coefficient (Wildman–Crippen LogP) is 4.24. The number of para-hydroxylation sites is 1. The lowest BCUT2D eigenvalue weighted by Gasteiger charge is -2.29. The molecular formula is C24H26N4O4. The molecule has 4 rings (SSSR count). The number of aromatic nitrogens is 2. The van der Waals surface area contributed by atoms with Crippen LogP contribution in [0.3, 0.4) is 0 Å². The van der Waals surface area contributed by atoms with Crippen LogP contribution in [0.2, 0.25) is 0 Å². The summed E-state index contributed by atoms with van der Waals surface area (Å²) in [5, 5.41) is 15.3. The van der Waals surface area contributed by atoms with Gasteiger partial charge in [0.15, 0.2) is 5.78 Å². The molecule has 0 radical (unpaired) electrons. The van der Waals surface area contributed by atoms with E-state index < -0.39 is 6.09 Å². The largest absolute Gasteiger partial charge is 0.465 e. The van der Waals surface area contributed by atoms with E-state index in [1.165, 1.54) is 0 Å². The van der Waals surface area contributed by atoms with Gasteiger partial charge in [-0.3, -0.25) is 9.78 Å². The molecule has 32 heavy (non-hydrogen) atoms. The van der Waals surface area contributed by atoms with E-state index in [0.29, 0.717) is 25.0 Å². The molecule has 8 nitrogen and oxygen atoms in total. The normalized spacial score (nSPS) is 16.3. The SMILES string of the molecule is COCCC(NC(=O)O)C1CC(=O)c2c([nH]c(-c3ccncc3)c2Nc2ccccc2)C1. The van der Waals surface area contributed by atoms with Crippen LogP contribution in [0.1, 0.15) is 28.9 Å². The van der Waals surface area contributed by atoms with Crippen molar-refractivity contribution < 1.29 is 19.4 Å². The Labute approximate surface area is 186 Å². The average molecular weight is 434 g/mol. The van der Waals surface area contributed by atoms with E-state index in [-0.39, 0.29) is 24.2 Å². The topological polar surface area (TPSA) is 116 Å². The highest BCUT2D eigenvalue weighted by Crippen LogP contribution is 2.40. The monoisotopic (exact) mass is 434 g/mol. The molecule has 0 bridgehead atoms. The van der Waals surface area contributed by atoms with Crippen LogP contribution in [0.25, 0.3) is 11.3 Å². The third kappa shape index (κ3) is 4.65. The lowest BCUT2D eigenvalue weighted by Crippen LogP contribution is -2.43. The number of H-pyrrole nitrogens is 1. The fourth-order valence-corrected chi connectivity index (χ4v) is 4.33. The Morgan fingerprint density at radius 3 is 2.66 bits per heavy atom. The molecule has 2 unspecified atom stereocenters. The first-order chi connectivity index (χ1) is 15.6. The maximum atomic E-state index is 13.3. The number of aromatic amines is 1. The summed E-state index contributed by atoms with van der Waals surface area (Å²) in [5.41, 5.74) is 4.79. The summed E-state index contributed by atoms with van der Waals surface area (Å²) >= 11 is 0. The number of nitrogens with zero attached hydrogens (tertiary/aromatic N) is 1. The van der Waals surface area contributed by atoms with Gasteiger partial charge in [-0.1, -0.05) is 18.2 Å². The molecule has 0 saturated heterocycles. The fraction of sp³-hybridized carbons (Fsp3) is 0.292. The molecule has 2 atom stereocenters. The molecule has 3 aromatic rings. The molecule has 0 aliphatic heterocycles. The maximum absolute atomic E-state index is 13.3. The molecule has 0 fully saturated rings. The van der Waals surface area contributed by atoms with Crippen molar-refractivity contribution in [3.8, 4) is 11.3 Å². The van der Waals surface area contributed by atoms with Crippen LogP contribution in [-0.2, 0) is 11.2 Å². The van der Waals surface area contributed by atoms with E-state index in [9.17, 15) is 14.7 Å². The van der Waals surface area contributed by atoms with Crippen molar-refractivity contribution >= 4 is 23.3 Å². The number of benzene rings is 1. The Bertz CT molecular complexity index is 1080.